The average Bonchev–Trinajstić information content (AvgIpc) is 2.78. The first kappa shape index (κ1) is 14.2. The molecule has 0 saturated heterocycles. The Kier molecular flexibility index (Phi) is 5.15. The van der Waals surface area contributed by atoms with E-state index >= 15 is 0 Å². The highest BCUT2D eigenvalue weighted by molar-refractivity contribution is 7.09. The molecule has 0 bridgehead atoms. The molecule has 1 heterocycles. The highest BCUT2D eigenvalue weighted by Gasteiger charge is 2.20. The Balaban J connectivity index is 2.37. The molecule has 0 aliphatic rings. The van der Waals surface area contributed by atoms with Crippen molar-refractivity contribution in [3.8, 4) is 0 Å². The molecule has 0 radical (unpaired) electrons. The maximum Gasteiger partial charge on any atom is 0.222 e. The van der Waals surface area contributed by atoms with Crippen LogP contribution in [-0.2, 0) is 11.2 Å². The summed E-state index contributed by atoms with van der Waals surface area (Å²) in [7, 11) is 1.86. The predicted octanol–water partition coefficient (Wildman–Crippen LogP) is 2.12. The van der Waals surface area contributed by atoms with Gasteiger partial charge in [0.15, 0.2) is 0 Å². The van der Waals surface area contributed by atoms with E-state index in [2.05, 4.69) is 19.9 Å². The fourth-order valence-electron chi connectivity index (χ4n) is 1.67. The Hall–Kier alpha value is -0.870. The van der Waals surface area contributed by atoms with Gasteiger partial charge in [-0.15, -0.1) is 11.3 Å². The zero-order valence-electron chi connectivity index (χ0n) is 10.9. The van der Waals surface area contributed by atoms with Crippen molar-refractivity contribution in [3.63, 3.8) is 0 Å². The number of hydrogen-bond acceptors (Lipinski definition) is 3. The molecule has 1 amide bonds. The summed E-state index contributed by atoms with van der Waals surface area (Å²) in [4.78, 5) is 15.0. The first-order chi connectivity index (χ1) is 7.94. The van der Waals surface area contributed by atoms with Crippen LogP contribution in [-0.4, -0.2) is 30.9 Å². The summed E-state index contributed by atoms with van der Waals surface area (Å²) in [6.07, 6.45) is 1.42. The van der Waals surface area contributed by atoms with Gasteiger partial charge in [0.2, 0.25) is 5.91 Å². The van der Waals surface area contributed by atoms with Crippen molar-refractivity contribution >= 4 is 17.2 Å². The van der Waals surface area contributed by atoms with Gasteiger partial charge in [0.25, 0.3) is 0 Å². The van der Waals surface area contributed by atoms with Crippen molar-refractivity contribution < 1.29 is 4.79 Å². The van der Waals surface area contributed by atoms with E-state index in [-0.39, 0.29) is 11.3 Å². The molecule has 1 aromatic rings. The maximum absolute atomic E-state index is 11.9. The van der Waals surface area contributed by atoms with Gasteiger partial charge in [-0.3, -0.25) is 4.79 Å². The molecule has 0 aliphatic carbocycles. The highest BCUT2D eigenvalue weighted by atomic mass is 32.1. The van der Waals surface area contributed by atoms with Crippen LogP contribution in [0.15, 0.2) is 17.5 Å². The SMILES string of the molecule is CN(CC(C)(C)CN)C(=O)CCc1cccs1. The third-order valence-electron chi connectivity index (χ3n) is 2.81. The number of aryl methyl sites for hydroxylation is 1. The molecule has 4 heteroatoms. The molecule has 0 spiro atoms. The van der Waals surface area contributed by atoms with Crippen LogP contribution in [0.2, 0.25) is 0 Å². The average molecular weight is 254 g/mol. The number of rotatable bonds is 6. The number of carbonyl (C=O) groups is 1. The van der Waals surface area contributed by atoms with Gasteiger partial charge in [0, 0.05) is 24.9 Å². The number of hydrogen-bond donors (Lipinski definition) is 1. The lowest BCUT2D eigenvalue weighted by Crippen LogP contribution is -2.39. The lowest BCUT2D eigenvalue weighted by Gasteiger charge is -2.29. The molecule has 1 aromatic heterocycles. The number of amides is 1. The Morgan fingerprint density at radius 1 is 1.53 bits per heavy atom. The van der Waals surface area contributed by atoms with Gasteiger partial charge in [-0.2, -0.15) is 0 Å². The summed E-state index contributed by atoms with van der Waals surface area (Å²) < 4.78 is 0. The Bertz CT molecular complexity index is 346. The first-order valence-electron chi connectivity index (χ1n) is 5.91. The zero-order valence-corrected chi connectivity index (χ0v) is 11.7. The van der Waals surface area contributed by atoms with E-state index in [0.717, 1.165) is 6.42 Å². The van der Waals surface area contributed by atoms with Crippen LogP contribution >= 0.6 is 11.3 Å². The number of thiophene rings is 1. The number of nitrogens with two attached hydrogens (primary N) is 1. The van der Waals surface area contributed by atoms with Gasteiger partial charge >= 0.3 is 0 Å². The summed E-state index contributed by atoms with van der Waals surface area (Å²) in [5.74, 6) is 0.194. The molecule has 0 fully saturated rings. The van der Waals surface area contributed by atoms with E-state index in [1.54, 1.807) is 16.2 Å². The number of nitrogens with zero attached hydrogens (tertiary/aromatic N) is 1. The van der Waals surface area contributed by atoms with Crippen LogP contribution in [0.25, 0.3) is 0 Å². The van der Waals surface area contributed by atoms with Crippen LogP contribution in [0.5, 0.6) is 0 Å². The van der Waals surface area contributed by atoms with Gasteiger partial charge in [-0.05, 0) is 29.8 Å². The van der Waals surface area contributed by atoms with Crippen molar-refractivity contribution in [1.29, 1.82) is 0 Å². The summed E-state index contributed by atoms with van der Waals surface area (Å²) in [6.45, 7) is 5.47. The van der Waals surface area contributed by atoms with E-state index in [1.165, 1.54) is 4.88 Å². The maximum atomic E-state index is 11.9. The van der Waals surface area contributed by atoms with Gasteiger partial charge < -0.3 is 10.6 Å². The van der Waals surface area contributed by atoms with Crippen molar-refractivity contribution in [3.05, 3.63) is 22.4 Å². The molecule has 0 aliphatic heterocycles. The molecular weight excluding hydrogens is 232 g/mol. The van der Waals surface area contributed by atoms with Gasteiger partial charge in [-0.25, -0.2) is 0 Å². The van der Waals surface area contributed by atoms with Crippen LogP contribution in [0.4, 0.5) is 0 Å². The molecule has 0 aromatic carbocycles. The second-order valence-corrected chi connectivity index (χ2v) is 6.23. The zero-order chi connectivity index (χ0) is 12.9. The molecule has 3 nitrogen and oxygen atoms in total. The fourth-order valence-corrected chi connectivity index (χ4v) is 2.38. The summed E-state index contributed by atoms with van der Waals surface area (Å²) >= 11 is 1.70. The molecular formula is C13H22N2OS. The molecule has 17 heavy (non-hydrogen) atoms. The normalized spacial score (nSPS) is 11.5. The van der Waals surface area contributed by atoms with Crippen LogP contribution in [0.1, 0.15) is 25.1 Å². The third-order valence-corrected chi connectivity index (χ3v) is 3.75. The minimum atomic E-state index is -0.00661. The van der Waals surface area contributed by atoms with Gasteiger partial charge in [-0.1, -0.05) is 19.9 Å². The highest BCUT2D eigenvalue weighted by Crippen LogP contribution is 2.16. The predicted molar refractivity (Wildman–Crippen MR) is 73.1 cm³/mol. The standard InChI is InChI=1S/C13H22N2OS/c1-13(2,9-14)10-15(3)12(16)7-6-11-5-4-8-17-11/h4-5,8H,6-7,9-10,14H2,1-3H3. The van der Waals surface area contributed by atoms with Crippen molar-refractivity contribution in [2.24, 2.45) is 11.1 Å². The summed E-state index contributed by atoms with van der Waals surface area (Å²) in [5.41, 5.74) is 5.66. The van der Waals surface area contributed by atoms with Crippen LogP contribution in [0, 0.1) is 5.41 Å². The van der Waals surface area contributed by atoms with Crippen LogP contribution < -0.4 is 5.73 Å². The Morgan fingerprint density at radius 2 is 2.24 bits per heavy atom. The Labute approximate surface area is 108 Å². The monoisotopic (exact) mass is 254 g/mol. The minimum absolute atomic E-state index is 0.00661. The summed E-state index contributed by atoms with van der Waals surface area (Å²) in [6, 6.07) is 4.09. The minimum Gasteiger partial charge on any atom is -0.345 e. The molecule has 0 saturated carbocycles. The second-order valence-electron chi connectivity index (χ2n) is 5.20. The molecule has 0 atom stereocenters. The van der Waals surface area contributed by atoms with E-state index < -0.39 is 0 Å². The summed E-state index contributed by atoms with van der Waals surface area (Å²) in [5, 5.41) is 2.04. The first-order valence-corrected chi connectivity index (χ1v) is 6.79. The largest absolute Gasteiger partial charge is 0.345 e. The lowest BCUT2D eigenvalue weighted by molar-refractivity contribution is -0.131. The third kappa shape index (κ3) is 4.88. The van der Waals surface area contributed by atoms with Crippen molar-refractivity contribution in [2.75, 3.05) is 20.1 Å². The molecule has 96 valence electrons. The van der Waals surface area contributed by atoms with Crippen molar-refractivity contribution in [1.82, 2.24) is 4.90 Å². The molecule has 0 unspecified atom stereocenters. The van der Waals surface area contributed by atoms with E-state index in [9.17, 15) is 4.79 Å². The quantitative estimate of drug-likeness (QED) is 0.845. The van der Waals surface area contributed by atoms with E-state index in [1.807, 2.05) is 18.5 Å². The van der Waals surface area contributed by atoms with Gasteiger partial charge in [0.05, 0.1) is 0 Å². The number of carbonyl (C=O) groups excluding carboxylic acids is 1. The smallest absolute Gasteiger partial charge is 0.222 e. The van der Waals surface area contributed by atoms with E-state index in [0.29, 0.717) is 19.5 Å². The lowest BCUT2D eigenvalue weighted by atomic mass is 9.93. The fraction of sp³-hybridized carbons (Fsp3) is 0.615. The van der Waals surface area contributed by atoms with Crippen LogP contribution in [0.3, 0.4) is 0 Å². The van der Waals surface area contributed by atoms with Gasteiger partial charge in [0.1, 0.15) is 0 Å². The second kappa shape index (κ2) is 6.17. The molecule has 2 N–H and O–H groups in total. The van der Waals surface area contributed by atoms with E-state index in [4.69, 9.17) is 5.73 Å². The van der Waals surface area contributed by atoms with Crippen molar-refractivity contribution in [2.45, 2.75) is 26.7 Å². The topological polar surface area (TPSA) is 46.3 Å². The molecule has 1 rings (SSSR count). The Morgan fingerprint density at radius 3 is 2.76 bits per heavy atom.